The number of piperidine rings is 2. The summed E-state index contributed by atoms with van der Waals surface area (Å²) < 4.78 is 5.20. The fraction of sp³-hybridized carbons (Fsp3) is 0.875. The number of hydrogen-bond acceptors (Lipinski definition) is 5. The Bertz CT molecular complexity index is 413. The third kappa shape index (κ3) is 5.06. The van der Waals surface area contributed by atoms with Crippen LogP contribution in [0.1, 0.15) is 39.0 Å². The Kier molecular flexibility index (Phi) is 7.77. The topological polar surface area (TPSA) is 70.1 Å². The Labute approximate surface area is 144 Å². The molecule has 0 aliphatic carbocycles. The second-order valence-electron chi connectivity index (χ2n) is 6.68. The van der Waals surface area contributed by atoms with Gasteiger partial charge in [-0.2, -0.15) is 0 Å². The minimum atomic E-state index is -0.918. The number of likely N-dealkylation sites (tertiary alicyclic amines) is 2. The summed E-state index contributed by atoms with van der Waals surface area (Å²) in [5.41, 5.74) is -0.872. The van der Waals surface area contributed by atoms with Gasteiger partial charge in [0, 0.05) is 12.6 Å². The van der Waals surface area contributed by atoms with Gasteiger partial charge < -0.3 is 14.7 Å². The van der Waals surface area contributed by atoms with Gasteiger partial charge in [0.05, 0.1) is 18.4 Å². The van der Waals surface area contributed by atoms with Crippen LogP contribution in [0.25, 0.3) is 0 Å². The van der Waals surface area contributed by atoms with E-state index < -0.39 is 11.4 Å². The predicted octanol–water partition coefficient (Wildman–Crippen LogP) is 1.62. The summed E-state index contributed by atoms with van der Waals surface area (Å²) >= 11 is 0. The SMILES string of the molecule is CCOC(=O)C1(CC(=O)O)CCCN(C2CCN(C)CC2)C1.Cl. The van der Waals surface area contributed by atoms with Crippen LogP contribution in [0.5, 0.6) is 0 Å². The summed E-state index contributed by atoms with van der Waals surface area (Å²) in [5.74, 6) is -1.26. The van der Waals surface area contributed by atoms with Gasteiger partial charge in [-0.15, -0.1) is 12.4 Å². The van der Waals surface area contributed by atoms with Crippen molar-refractivity contribution in [3.8, 4) is 0 Å². The van der Waals surface area contributed by atoms with Crippen LogP contribution in [0.2, 0.25) is 0 Å². The molecule has 134 valence electrons. The van der Waals surface area contributed by atoms with Crippen LogP contribution in [0.15, 0.2) is 0 Å². The van der Waals surface area contributed by atoms with E-state index in [0.717, 1.165) is 38.9 Å². The van der Waals surface area contributed by atoms with Gasteiger partial charge in [0.1, 0.15) is 0 Å². The van der Waals surface area contributed by atoms with E-state index in [4.69, 9.17) is 4.74 Å². The highest BCUT2D eigenvalue weighted by molar-refractivity contribution is 5.85. The highest BCUT2D eigenvalue weighted by atomic mass is 35.5. The number of carboxylic acid groups (broad SMARTS) is 1. The molecule has 7 heteroatoms. The minimum Gasteiger partial charge on any atom is -0.481 e. The molecule has 2 rings (SSSR count). The summed E-state index contributed by atoms with van der Waals surface area (Å²) in [5, 5.41) is 9.25. The van der Waals surface area contributed by atoms with Crippen molar-refractivity contribution < 1.29 is 19.4 Å². The lowest BCUT2D eigenvalue weighted by molar-refractivity contribution is -0.165. The zero-order valence-electron chi connectivity index (χ0n) is 14.1. The van der Waals surface area contributed by atoms with Crippen molar-refractivity contribution in [3.63, 3.8) is 0 Å². The molecule has 0 aromatic heterocycles. The lowest BCUT2D eigenvalue weighted by Gasteiger charge is -2.45. The predicted molar refractivity (Wildman–Crippen MR) is 89.9 cm³/mol. The van der Waals surface area contributed by atoms with Gasteiger partial charge in [-0.05, 0) is 59.3 Å². The lowest BCUT2D eigenvalue weighted by atomic mass is 9.76. The standard InChI is InChI=1S/C16H28N2O4.ClH/c1-3-22-15(21)16(11-14(19)20)7-4-8-18(12-16)13-5-9-17(2)10-6-13;/h13H,3-12H2,1-2H3,(H,19,20);1H. The summed E-state index contributed by atoms with van der Waals surface area (Å²) in [6.07, 6.45) is 3.51. The minimum absolute atomic E-state index is 0. The quantitative estimate of drug-likeness (QED) is 0.761. The van der Waals surface area contributed by atoms with E-state index in [9.17, 15) is 14.7 Å². The number of ether oxygens (including phenoxy) is 1. The first kappa shape index (κ1) is 20.2. The largest absolute Gasteiger partial charge is 0.481 e. The van der Waals surface area contributed by atoms with E-state index in [0.29, 0.717) is 25.6 Å². The molecule has 2 heterocycles. The van der Waals surface area contributed by atoms with Crippen molar-refractivity contribution in [2.24, 2.45) is 5.41 Å². The van der Waals surface area contributed by atoms with E-state index >= 15 is 0 Å². The maximum Gasteiger partial charge on any atom is 0.313 e. The van der Waals surface area contributed by atoms with E-state index in [1.165, 1.54) is 0 Å². The molecule has 1 atom stereocenters. The van der Waals surface area contributed by atoms with Gasteiger partial charge in [-0.25, -0.2) is 0 Å². The zero-order chi connectivity index (χ0) is 16.2. The fourth-order valence-electron chi connectivity index (χ4n) is 3.80. The van der Waals surface area contributed by atoms with Crippen LogP contribution >= 0.6 is 12.4 Å². The Morgan fingerprint density at radius 1 is 1.26 bits per heavy atom. The normalized spacial score (nSPS) is 27.2. The molecular formula is C16H29ClN2O4. The molecule has 1 unspecified atom stereocenters. The maximum absolute atomic E-state index is 12.4. The lowest BCUT2D eigenvalue weighted by Crippen LogP contribution is -2.54. The van der Waals surface area contributed by atoms with Crippen molar-refractivity contribution in [3.05, 3.63) is 0 Å². The summed E-state index contributed by atoms with van der Waals surface area (Å²) in [6, 6.07) is 0.457. The second-order valence-corrected chi connectivity index (χ2v) is 6.68. The van der Waals surface area contributed by atoms with Crippen LogP contribution in [-0.4, -0.2) is 72.7 Å². The van der Waals surface area contributed by atoms with Gasteiger partial charge >= 0.3 is 11.9 Å². The molecule has 0 aromatic carbocycles. The average Bonchev–Trinajstić information content (AvgIpc) is 2.47. The molecule has 2 saturated heterocycles. The van der Waals surface area contributed by atoms with Crippen LogP contribution < -0.4 is 0 Å². The average molecular weight is 349 g/mol. The molecule has 1 N–H and O–H groups in total. The van der Waals surface area contributed by atoms with Crippen LogP contribution in [0.3, 0.4) is 0 Å². The summed E-state index contributed by atoms with van der Waals surface area (Å²) in [6.45, 7) is 5.67. The first-order valence-corrected chi connectivity index (χ1v) is 8.28. The van der Waals surface area contributed by atoms with Gasteiger partial charge in [-0.1, -0.05) is 0 Å². The molecule has 0 radical (unpaired) electrons. The monoisotopic (exact) mass is 348 g/mol. The Hall–Kier alpha value is -0.850. The van der Waals surface area contributed by atoms with Crippen molar-refractivity contribution >= 4 is 24.3 Å². The van der Waals surface area contributed by atoms with Crippen molar-refractivity contribution in [1.82, 2.24) is 9.80 Å². The molecule has 0 saturated carbocycles. The van der Waals surface area contributed by atoms with Crippen molar-refractivity contribution in [2.45, 2.75) is 45.1 Å². The third-order valence-electron chi connectivity index (χ3n) is 5.01. The number of rotatable bonds is 5. The van der Waals surface area contributed by atoms with Gasteiger partial charge in [0.15, 0.2) is 0 Å². The highest BCUT2D eigenvalue weighted by Gasteiger charge is 2.46. The number of aliphatic carboxylic acids is 1. The molecule has 6 nitrogen and oxygen atoms in total. The first-order chi connectivity index (χ1) is 10.5. The van der Waals surface area contributed by atoms with Crippen LogP contribution in [0, 0.1) is 5.41 Å². The van der Waals surface area contributed by atoms with Crippen molar-refractivity contribution in [1.29, 1.82) is 0 Å². The molecule has 0 amide bonds. The van der Waals surface area contributed by atoms with E-state index in [2.05, 4.69) is 16.8 Å². The number of hydrogen-bond donors (Lipinski definition) is 1. The first-order valence-electron chi connectivity index (χ1n) is 8.28. The number of esters is 1. The number of carbonyl (C=O) groups excluding carboxylic acids is 1. The van der Waals surface area contributed by atoms with Gasteiger partial charge in [0.25, 0.3) is 0 Å². The maximum atomic E-state index is 12.4. The van der Waals surface area contributed by atoms with E-state index in [-0.39, 0.29) is 24.8 Å². The second kappa shape index (κ2) is 8.85. The molecule has 0 spiro atoms. The fourth-order valence-corrected chi connectivity index (χ4v) is 3.80. The Morgan fingerprint density at radius 2 is 1.91 bits per heavy atom. The third-order valence-corrected chi connectivity index (χ3v) is 5.01. The Balaban J connectivity index is 0.00000264. The number of carbonyl (C=O) groups is 2. The zero-order valence-corrected chi connectivity index (χ0v) is 14.9. The Morgan fingerprint density at radius 3 is 2.48 bits per heavy atom. The highest BCUT2D eigenvalue weighted by Crippen LogP contribution is 2.37. The van der Waals surface area contributed by atoms with E-state index in [1.807, 2.05) is 0 Å². The number of nitrogens with zero attached hydrogens (tertiary/aromatic N) is 2. The van der Waals surface area contributed by atoms with Gasteiger partial charge in [-0.3, -0.25) is 14.5 Å². The molecule has 23 heavy (non-hydrogen) atoms. The molecule has 2 aliphatic heterocycles. The number of carboxylic acids is 1. The smallest absolute Gasteiger partial charge is 0.313 e. The summed E-state index contributed by atoms with van der Waals surface area (Å²) in [4.78, 5) is 28.3. The summed E-state index contributed by atoms with van der Waals surface area (Å²) in [7, 11) is 2.12. The van der Waals surface area contributed by atoms with Gasteiger partial charge in [0.2, 0.25) is 0 Å². The molecule has 0 bridgehead atoms. The van der Waals surface area contributed by atoms with Crippen LogP contribution in [-0.2, 0) is 14.3 Å². The molecule has 2 aliphatic rings. The van der Waals surface area contributed by atoms with E-state index in [1.54, 1.807) is 6.92 Å². The number of halogens is 1. The molecular weight excluding hydrogens is 320 g/mol. The molecule has 0 aromatic rings. The van der Waals surface area contributed by atoms with Crippen molar-refractivity contribution in [2.75, 3.05) is 39.8 Å². The van der Waals surface area contributed by atoms with Crippen LogP contribution in [0.4, 0.5) is 0 Å². The molecule has 2 fully saturated rings.